The average Bonchev–Trinajstić information content (AvgIpc) is 2.45. The summed E-state index contributed by atoms with van der Waals surface area (Å²) in [4.78, 5) is 23.6. The van der Waals surface area contributed by atoms with Gasteiger partial charge in [-0.15, -0.1) is 0 Å². The molecule has 24 heavy (non-hydrogen) atoms. The zero-order chi connectivity index (χ0) is 18.1. The first-order chi connectivity index (χ1) is 11.0. The number of pyridine rings is 1. The highest BCUT2D eigenvalue weighted by Gasteiger charge is 2.40. The molecule has 6 heteroatoms. The van der Waals surface area contributed by atoms with Gasteiger partial charge in [-0.25, -0.2) is 4.79 Å². The Morgan fingerprint density at radius 1 is 1.33 bits per heavy atom. The van der Waals surface area contributed by atoms with Gasteiger partial charge in [0.25, 0.3) is 5.56 Å². The van der Waals surface area contributed by atoms with Crippen LogP contribution >= 0.6 is 0 Å². The lowest BCUT2D eigenvalue weighted by atomic mass is 9.92. The van der Waals surface area contributed by atoms with Crippen molar-refractivity contribution in [1.82, 2.24) is 4.57 Å². The molecule has 1 saturated carbocycles. The summed E-state index contributed by atoms with van der Waals surface area (Å²) in [5.41, 5.74) is -0.576. The molecule has 1 aliphatic rings. The number of nitrogens with zero attached hydrogens (tertiary/aromatic N) is 1. The molecule has 5 nitrogen and oxygen atoms in total. The maximum absolute atomic E-state index is 12.4. The number of carboxylic acid groups (broad SMARTS) is 1. The Balaban J connectivity index is 2.19. The monoisotopic (exact) mass is 351 g/mol. The second-order valence-corrected chi connectivity index (χ2v) is 13.0. The van der Waals surface area contributed by atoms with Gasteiger partial charge in [-0.3, -0.25) is 4.79 Å². The van der Waals surface area contributed by atoms with E-state index in [-0.39, 0.29) is 22.7 Å². The van der Waals surface area contributed by atoms with Gasteiger partial charge in [-0.2, -0.15) is 0 Å². The van der Waals surface area contributed by atoms with Crippen LogP contribution in [0.15, 0.2) is 23.1 Å². The SMILES string of the molecule is CC(C)(C)[Si](C)(C)OC1CCCC(n2cccc(C(=O)O)c2=O)C1. The van der Waals surface area contributed by atoms with E-state index in [2.05, 4.69) is 33.9 Å². The van der Waals surface area contributed by atoms with E-state index in [4.69, 9.17) is 9.53 Å². The van der Waals surface area contributed by atoms with E-state index in [1.165, 1.54) is 6.07 Å². The number of aromatic nitrogens is 1. The molecule has 1 aliphatic carbocycles. The van der Waals surface area contributed by atoms with Crippen LogP contribution in [-0.4, -0.2) is 30.1 Å². The van der Waals surface area contributed by atoms with Gasteiger partial charge >= 0.3 is 5.97 Å². The highest BCUT2D eigenvalue weighted by molar-refractivity contribution is 6.74. The van der Waals surface area contributed by atoms with Crippen LogP contribution < -0.4 is 5.56 Å². The van der Waals surface area contributed by atoms with Crippen molar-refractivity contribution >= 4 is 14.3 Å². The van der Waals surface area contributed by atoms with Crippen LogP contribution in [0.1, 0.15) is 62.9 Å². The van der Waals surface area contributed by atoms with Gasteiger partial charge in [0.15, 0.2) is 8.32 Å². The zero-order valence-corrected chi connectivity index (χ0v) is 16.3. The number of carboxylic acids is 1. The standard InChI is InChI=1S/C18H29NO4Si/c1-18(2,3)24(4,5)23-14-9-6-8-13(12-14)19-11-7-10-15(16(19)20)17(21)22/h7,10-11,13-14H,6,8-9,12H2,1-5H3,(H,21,22). The van der Waals surface area contributed by atoms with E-state index in [1.54, 1.807) is 16.8 Å². The first-order valence-electron chi connectivity index (χ1n) is 8.65. The van der Waals surface area contributed by atoms with Crippen molar-refractivity contribution in [3.63, 3.8) is 0 Å². The lowest BCUT2D eigenvalue weighted by molar-refractivity contribution is 0.0693. The number of rotatable bonds is 4. The molecule has 0 bridgehead atoms. The Morgan fingerprint density at radius 3 is 2.58 bits per heavy atom. The molecule has 0 amide bonds. The molecule has 2 atom stereocenters. The molecule has 134 valence electrons. The fourth-order valence-electron chi connectivity index (χ4n) is 3.03. The smallest absolute Gasteiger partial charge is 0.341 e. The van der Waals surface area contributed by atoms with E-state index >= 15 is 0 Å². The molecule has 1 N–H and O–H groups in total. The Hall–Kier alpha value is -1.40. The largest absolute Gasteiger partial charge is 0.477 e. The van der Waals surface area contributed by atoms with Gasteiger partial charge in [0.1, 0.15) is 5.56 Å². The van der Waals surface area contributed by atoms with Crippen molar-refractivity contribution in [2.75, 3.05) is 0 Å². The molecule has 0 saturated heterocycles. The molecule has 0 aliphatic heterocycles. The van der Waals surface area contributed by atoms with Crippen molar-refractivity contribution < 1.29 is 14.3 Å². The van der Waals surface area contributed by atoms with Gasteiger partial charge in [-0.05, 0) is 55.9 Å². The molecule has 1 fully saturated rings. The molecule has 1 aromatic rings. The van der Waals surface area contributed by atoms with E-state index in [1.807, 2.05) is 0 Å². The van der Waals surface area contributed by atoms with Crippen molar-refractivity contribution in [1.29, 1.82) is 0 Å². The average molecular weight is 352 g/mol. The first kappa shape index (κ1) is 18.9. The fourth-order valence-corrected chi connectivity index (χ4v) is 4.43. The third kappa shape index (κ3) is 3.98. The normalized spacial score (nSPS) is 22.4. The summed E-state index contributed by atoms with van der Waals surface area (Å²) in [6.45, 7) is 11.2. The number of aromatic carboxylic acids is 1. The number of hydrogen-bond acceptors (Lipinski definition) is 3. The summed E-state index contributed by atoms with van der Waals surface area (Å²) in [6, 6.07) is 3.02. The van der Waals surface area contributed by atoms with Gasteiger partial charge in [0, 0.05) is 18.3 Å². The zero-order valence-electron chi connectivity index (χ0n) is 15.3. The Labute approximate surface area is 144 Å². The molecular formula is C18H29NO4Si. The second-order valence-electron chi connectivity index (χ2n) is 8.26. The van der Waals surface area contributed by atoms with Crippen molar-refractivity contribution in [2.24, 2.45) is 0 Å². The summed E-state index contributed by atoms with van der Waals surface area (Å²) in [7, 11) is -1.85. The highest BCUT2D eigenvalue weighted by Crippen LogP contribution is 2.40. The van der Waals surface area contributed by atoms with Crippen LogP contribution in [0.2, 0.25) is 18.1 Å². The summed E-state index contributed by atoms with van der Waals surface area (Å²) >= 11 is 0. The van der Waals surface area contributed by atoms with Crippen molar-refractivity contribution in [3.05, 3.63) is 34.2 Å². The Kier molecular flexibility index (Phi) is 5.40. The summed E-state index contributed by atoms with van der Waals surface area (Å²) in [5.74, 6) is -1.17. The lowest BCUT2D eigenvalue weighted by Gasteiger charge is -2.41. The summed E-state index contributed by atoms with van der Waals surface area (Å²) in [6.07, 6.45) is 5.51. The topological polar surface area (TPSA) is 68.5 Å². The number of hydrogen-bond donors (Lipinski definition) is 1. The Bertz CT molecular complexity index is 660. The third-order valence-electron chi connectivity index (χ3n) is 5.46. The fraction of sp³-hybridized carbons (Fsp3) is 0.667. The van der Waals surface area contributed by atoms with Crippen LogP contribution in [-0.2, 0) is 4.43 Å². The second kappa shape index (κ2) is 6.84. The summed E-state index contributed by atoms with van der Waals surface area (Å²) < 4.78 is 8.11. The lowest BCUT2D eigenvalue weighted by Crippen LogP contribution is -2.45. The van der Waals surface area contributed by atoms with Gasteiger partial charge in [0.2, 0.25) is 0 Å². The predicted molar refractivity (Wildman–Crippen MR) is 97.2 cm³/mol. The van der Waals surface area contributed by atoms with Gasteiger partial charge < -0.3 is 14.1 Å². The van der Waals surface area contributed by atoms with Crippen LogP contribution in [0.5, 0.6) is 0 Å². The quantitative estimate of drug-likeness (QED) is 0.831. The molecular weight excluding hydrogens is 322 g/mol. The molecule has 1 heterocycles. The molecule has 1 aromatic heterocycles. The van der Waals surface area contributed by atoms with Crippen LogP contribution in [0.4, 0.5) is 0 Å². The summed E-state index contributed by atoms with van der Waals surface area (Å²) in [5, 5.41) is 9.30. The number of carbonyl (C=O) groups is 1. The molecule has 0 radical (unpaired) electrons. The minimum Gasteiger partial charge on any atom is -0.477 e. The van der Waals surface area contributed by atoms with Crippen molar-refractivity contribution in [2.45, 2.75) is 76.7 Å². The van der Waals surface area contributed by atoms with Gasteiger partial charge in [0.05, 0.1) is 0 Å². The maximum atomic E-state index is 12.4. The maximum Gasteiger partial charge on any atom is 0.341 e. The Morgan fingerprint density at radius 2 is 2.00 bits per heavy atom. The van der Waals surface area contributed by atoms with Crippen LogP contribution in [0.25, 0.3) is 0 Å². The molecule has 2 rings (SSSR count). The van der Waals surface area contributed by atoms with Gasteiger partial charge in [-0.1, -0.05) is 20.8 Å². The van der Waals surface area contributed by atoms with E-state index < -0.39 is 19.8 Å². The minimum atomic E-state index is -1.85. The molecule has 2 unspecified atom stereocenters. The molecule has 0 aromatic carbocycles. The predicted octanol–water partition coefficient (Wildman–Crippen LogP) is 4.05. The van der Waals surface area contributed by atoms with E-state index in [9.17, 15) is 9.59 Å². The van der Waals surface area contributed by atoms with Crippen molar-refractivity contribution in [3.8, 4) is 0 Å². The first-order valence-corrected chi connectivity index (χ1v) is 11.6. The third-order valence-corrected chi connectivity index (χ3v) is 10.00. The van der Waals surface area contributed by atoms with E-state index in [0.29, 0.717) is 0 Å². The van der Waals surface area contributed by atoms with Crippen LogP contribution in [0, 0.1) is 0 Å². The molecule has 0 spiro atoms. The highest BCUT2D eigenvalue weighted by atomic mass is 28.4. The van der Waals surface area contributed by atoms with E-state index in [0.717, 1.165) is 25.7 Å². The minimum absolute atomic E-state index is 0.0142. The van der Waals surface area contributed by atoms with Crippen LogP contribution in [0.3, 0.4) is 0 Å².